The van der Waals surface area contributed by atoms with Gasteiger partial charge in [-0.2, -0.15) is 5.10 Å². The summed E-state index contributed by atoms with van der Waals surface area (Å²) in [5.41, 5.74) is 1.44. The van der Waals surface area contributed by atoms with Crippen molar-refractivity contribution in [1.82, 2.24) is 19.7 Å². The minimum Gasteiger partial charge on any atom is -0.354 e. The quantitative estimate of drug-likeness (QED) is 0.815. The molecule has 0 bridgehead atoms. The Morgan fingerprint density at radius 1 is 1.27 bits per heavy atom. The van der Waals surface area contributed by atoms with Gasteiger partial charge in [0.05, 0.1) is 17.5 Å². The molecule has 22 heavy (non-hydrogen) atoms. The molecule has 0 unspecified atom stereocenters. The number of hydrogen-bond acceptors (Lipinski definition) is 5. The van der Waals surface area contributed by atoms with Crippen LogP contribution in [0.4, 0.5) is 5.82 Å². The van der Waals surface area contributed by atoms with Crippen molar-refractivity contribution in [1.29, 1.82) is 0 Å². The molecule has 0 aromatic carbocycles. The van der Waals surface area contributed by atoms with Crippen LogP contribution in [0.15, 0.2) is 18.6 Å². The van der Waals surface area contributed by atoms with Crippen molar-refractivity contribution in [2.75, 3.05) is 11.4 Å². The van der Waals surface area contributed by atoms with Crippen molar-refractivity contribution in [2.45, 2.75) is 46.1 Å². The fraction of sp³-hybridized carbons (Fsp3) is 0.500. The summed E-state index contributed by atoms with van der Waals surface area (Å²) in [4.78, 5) is 22.6. The molecule has 1 fully saturated rings. The van der Waals surface area contributed by atoms with E-state index in [1.807, 2.05) is 13.0 Å². The van der Waals surface area contributed by atoms with Crippen LogP contribution in [-0.4, -0.2) is 38.1 Å². The van der Waals surface area contributed by atoms with Gasteiger partial charge in [-0.1, -0.05) is 0 Å². The first-order valence-corrected chi connectivity index (χ1v) is 7.72. The Balaban J connectivity index is 1.96. The van der Waals surface area contributed by atoms with E-state index in [1.165, 1.54) is 19.3 Å². The molecule has 2 aromatic heterocycles. The van der Waals surface area contributed by atoms with Gasteiger partial charge in [0, 0.05) is 18.7 Å². The number of ketones is 1. The molecule has 1 saturated heterocycles. The lowest BCUT2D eigenvalue weighted by Gasteiger charge is -2.34. The topological polar surface area (TPSA) is 63.9 Å². The van der Waals surface area contributed by atoms with E-state index in [0.29, 0.717) is 17.4 Å². The number of aromatic nitrogens is 4. The van der Waals surface area contributed by atoms with E-state index in [2.05, 4.69) is 26.9 Å². The molecule has 3 rings (SSSR count). The summed E-state index contributed by atoms with van der Waals surface area (Å²) in [5, 5.41) is 4.30. The summed E-state index contributed by atoms with van der Waals surface area (Å²) in [7, 11) is 0. The van der Waals surface area contributed by atoms with Crippen molar-refractivity contribution in [3.05, 3.63) is 29.8 Å². The molecule has 3 heterocycles. The van der Waals surface area contributed by atoms with Crippen LogP contribution < -0.4 is 4.90 Å². The third kappa shape index (κ3) is 2.61. The summed E-state index contributed by atoms with van der Waals surface area (Å²) in [6, 6.07) is 2.44. The number of anilines is 1. The number of hydrogen-bond donors (Lipinski definition) is 0. The summed E-state index contributed by atoms with van der Waals surface area (Å²) >= 11 is 0. The Hall–Kier alpha value is -2.24. The van der Waals surface area contributed by atoms with E-state index in [-0.39, 0.29) is 5.78 Å². The van der Waals surface area contributed by atoms with Crippen molar-refractivity contribution < 1.29 is 4.79 Å². The highest BCUT2D eigenvalue weighted by Gasteiger charge is 2.21. The Labute approximate surface area is 130 Å². The van der Waals surface area contributed by atoms with E-state index in [4.69, 9.17) is 0 Å². The Morgan fingerprint density at radius 2 is 2.05 bits per heavy atom. The van der Waals surface area contributed by atoms with Gasteiger partial charge in [-0.3, -0.25) is 4.79 Å². The van der Waals surface area contributed by atoms with Crippen LogP contribution in [0.2, 0.25) is 0 Å². The molecule has 0 amide bonds. The predicted octanol–water partition coefficient (Wildman–Crippen LogP) is 2.55. The number of rotatable bonds is 3. The number of nitrogens with zero attached hydrogens (tertiary/aromatic N) is 5. The smallest absolute Gasteiger partial charge is 0.163 e. The second kappa shape index (κ2) is 5.87. The molecule has 0 aliphatic carbocycles. The molecule has 1 aliphatic heterocycles. The predicted molar refractivity (Wildman–Crippen MR) is 84.6 cm³/mol. The maximum atomic E-state index is 11.6. The standard InChI is InChI=1S/C16H21N5O/c1-11-6-4-5-7-20(11)15-8-16(18-10-17-15)21-12(2)14(9-19-21)13(3)22/h8-11H,4-7H2,1-3H3/t11-/m1/s1. The van der Waals surface area contributed by atoms with Gasteiger partial charge in [0.25, 0.3) is 0 Å². The van der Waals surface area contributed by atoms with Crippen LogP contribution in [0, 0.1) is 6.92 Å². The zero-order chi connectivity index (χ0) is 15.7. The largest absolute Gasteiger partial charge is 0.354 e. The van der Waals surface area contributed by atoms with Gasteiger partial charge in [-0.25, -0.2) is 14.6 Å². The second-order valence-electron chi connectivity index (χ2n) is 5.88. The summed E-state index contributed by atoms with van der Waals surface area (Å²) in [6.07, 6.45) is 6.83. The Kier molecular flexibility index (Phi) is 3.92. The van der Waals surface area contributed by atoms with E-state index >= 15 is 0 Å². The van der Waals surface area contributed by atoms with Crippen molar-refractivity contribution in [2.24, 2.45) is 0 Å². The van der Waals surface area contributed by atoms with Gasteiger partial charge < -0.3 is 4.90 Å². The minimum absolute atomic E-state index is 0.0164. The molecule has 116 valence electrons. The fourth-order valence-electron chi connectivity index (χ4n) is 3.03. The van der Waals surface area contributed by atoms with Crippen LogP contribution in [0.1, 0.15) is 49.2 Å². The van der Waals surface area contributed by atoms with Crippen LogP contribution in [0.3, 0.4) is 0 Å². The summed E-state index contributed by atoms with van der Waals surface area (Å²) in [5.74, 6) is 1.65. The molecule has 2 aromatic rings. The third-order valence-electron chi connectivity index (χ3n) is 4.34. The molecule has 0 N–H and O–H groups in total. The molecular formula is C16H21N5O. The molecule has 1 atom stereocenters. The zero-order valence-corrected chi connectivity index (χ0v) is 13.3. The average Bonchev–Trinajstić information content (AvgIpc) is 2.90. The van der Waals surface area contributed by atoms with E-state index in [0.717, 1.165) is 18.1 Å². The van der Waals surface area contributed by atoms with Crippen molar-refractivity contribution >= 4 is 11.6 Å². The van der Waals surface area contributed by atoms with Crippen LogP contribution in [0.25, 0.3) is 5.82 Å². The van der Waals surface area contributed by atoms with E-state index in [9.17, 15) is 4.79 Å². The first kappa shape index (κ1) is 14.7. The average molecular weight is 299 g/mol. The first-order valence-electron chi connectivity index (χ1n) is 7.72. The third-order valence-corrected chi connectivity index (χ3v) is 4.34. The van der Waals surface area contributed by atoms with Gasteiger partial charge >= 0.3 is 0 Å². The Bertz CT molecular complexity index is 694. The number of carbonyl (C=O) groups is 1. The first-order chi connectivity index (χ1) is 10.6. The van der Waals surface area contributed by atoms with Gasteiger partial charge in [-0.05, 0) is 40.0 Å². The second-order valence-corrected chi connectivity index (χ2v) is 5.88. The fourth-order valence-corrected chi connectivity index (χ4v) is 3.03. The SMILES string of the molecule is CC(=O)c1cnn(-c2cc(N3CCCC[C@H]3C)ncn2)c1C. The van der Waals surface area contributed by atoms with Gasteiger partial charge in [0.2, 0.25) is 0 Å². The highest BCUT2D eigenvalue weighted by molar-refractivity contribution is 5.95. The molecule has 6 heteroatoms. The van der Waals surface area contributed by atoms with Crippen LogP contribution >= 0.6 is 0 Å². The number of piperidine rings is 1. The normalized spacial score (nSPS) is 18.5. The van der Waals surface area contributed by atoms with Gasteiger partial charge in [0.15, 0.2) is 11.6 Å². The molecule has 6 nitrogen and oxygen atoms in total. The zero-order valence-electron chi connectivity index (χ0n) is 13.3. The highest BCUT2D eigenvalue weighted by Crippen LogP contribution is 2.24. The van der Waals surface area contributed by atoms with Crippen molar-refractivity contribution in [3.63, 3.8) is 0 Å². The van der Waals surface area contributed by atoms with E-state index < -0.39 is 0 Å². The molecule has 1 aliphatic rings. The lowest BCUT2D eigenvalue weighted by molar-refractivity contribution is 0.101. The summed E-state index contributed by atoms with van der Waals surface area (Å²) in [6.45, 7) is 6.69. The number of carbonyl (C=O) groups excluding carboxylic acids is 1. The Morgan fingerprint density at radius 3 is 2.73 bits per heavy atom. The van der Waals surface area contributed by atoms with Crippen LogP contribution in [0.5, 0.6) is 0 Å². The maximum absolute atomic E-state index is 11.6. The lowest BCUT2D eigenvalue weighted by atomic mass is 10.0. The molecular weight excluding hydrogens is 278 g/mol. The van der Waals surface area contributed by atoms with Crippen LogP contribution in [-0.2, 0) is 0 Å². The van der Waals surface area contributed by atoms with Gasteiger partial charge in [-0.15, -0.1) is 0 Å². The minimum atomic E-state index is 0.0164. The lowest BCUT2D eigenvalue weighted by Crippen LogP contribution is -2.38. The van der Waals surface area contributed by atoms with Crippen molar-refractivity contribution in [3.8, 4) is 5.82 Å². The van der Waals surface area contributed by atoms with E-state index in [1.54, 1.807) is 24.1 Å². The molecule has 0 radical (unpaired) electrons. The summed E-state index contributed by atoms with van der Waals surface area (Å²) < 4.78 is 1.70. The maximum Gasteiger partial charge on any atom is 0.163 e. The van der Waals surface area contributed by atoms with Gasteiger partial charge in [0.1, 0.15) is 12.1 Å². The monoisotopic (exact) mass is 299 g/mol. The number of Topliss-reactive ketones (excluding diaryl/α,β-unsaturated/α-hetero) is 1. The highest BCUT2D eigenvalue weighted by atomic mass is 16.1. The molecule has 0 saturated carbocycles. The molecule has 0 spiro atoms.